The Kier molecular flexibility index (Phi) is 11.8. The molecule has 54 heavy (non-hydrogen) atoms. The first-order valence-corrected chi connectivity index (χ1v) is 18.1. The van der Waals surface area contributed by atoms with Gasteiger partial charge in [-0.3, -0.25) is 4.39 Å². The molecule has 4 aromatic rings. The van der Waals surface area contributed by atoms with Crippen molar-refractivity contribution in [1.29, 1.82) is 0 Å². The van der Waals surface area contributed by atoms with E-state index in [-0.39, 0.29) is 77.9 Å². The summed E-state index contributed by atoms with van der Waals surface area (Å²) < 4.78 is 74.4. The zero-order chi connectivity index (χ0) is 38.8. The molecule has 2 aromatic carbocycles. The van der Waals surface area contributed by atoms with Gasteiger partial charge in [-0.15, -0.1) is 0 Å². The number of halogens is 4. The van der Waals surface area contributed by atoms with Crippen LogP contribution in [0.1, 0.15) is 44.4 Å². The van der Waals surface area contributed by atoms with Gasteiger partial charge in [-0.1, -0.05) is 13.0 Å². The lowest BCUT2D eigenvalue weighted by molar-refractivity contribution is -0.0123. The van der Waals surface area contributed by atoms with Gasteiger partial charge in [0, 0.05) is 38.9 Å². The lowest BCUT2D eigenvalue weighted by Gasteiger charge is -2.33. The number of hydrogen-bond acceptors (Lipinski definition) is 11. The molecule has 3 fully saturated rings. The molecule has 0 bridgehead atoms. The third kappa shape index (κ3) is 7.90. The fraction of sp³-hybridized carbons (Fsp3) is 0.513. The number of benzene rings is 2. The first kappa shape index (κ1) is 39.4. The van der Waals surface area contributed by atoms with Gasteiger partial charge in [0.2, 0.25) is 0 Å². The van der Waals surface area contributed by atoms with Gasteiger partial charge in [0.15, 0.2) is 5.82 Å². The molecule has 292 valence electrons. The topological polar surface area (TPSA) is 139 Å². The van der Waals surface area contributed by atoms with E-state index in [0.29, 0.717) is 49.4 Å². The molecule has 1 aliphatic carbocycles. The summed E-state index contributed by atoms with van der Waals surface area (Å²) in [4.78, 5) is 18.0. The SMILES string of the molecule is CCc1c(F)ccc2cc(O)cc(-c3nc(/C=C\N)c4c(N5CCOCC(C)(O)C5)nc(OCC5(CN6CCC(OC)CC6)CC5F)nc4c3F)c12.CF. The van der Waals surface area contributed by atoms with Gasteiger partial charge in [-0.2, -0.15) is 9.97 Å². The summed E-state index contributed by atoms with van der Waals surface area (Å²) in [5.74, 6) is -1.26. The van der Waals surface area contributed by atoms with Crippen molar-refractivity contribution < 1.29 is 42.0 Å². The second-order valence-electron chi connectivity index (χ2n) is 14.5. The molecule has 4 heterocycles. The number of nitrogens with zero attached hydrogens (tertiary/aromatic N) is 5. The number of β-amino-alcohol motifs (C(OH)–C–C–N with tert-alkyl or cyclic N) is 1. The Morgan fingerprint density at radius 3 is 2.50 bits per heavy atom. The average Bonchev–Trinajstić information content (AvgIpc) is 3.85. The number of pyridine rings is 1. The predicted octanol–water partition coefficient (Wildman–Crippen LogP) is 5.71. The number of aliphatic hydroxyl groups is 1. The van der Waals surface area contributed by atoms with Crippen LogP contribution in [-0.4, -0.2) is 115 Å². The average molecular weight is 757 g/mol. The van der Waals surface area contributed by atoms with Crippen LogP contribution in [0.15, 0.2) is 30.5 Å². The number of anilines is 1. The van der Waals surface area contributed by atoms with E-state index in [2.05, 4.69) is 9.88 Å². The molecular formula is C39H48F4N6O5. The molecule has 3 unspecified atom stereocenters. The van der Waals surface area contributed by atoms with Crippen molar-refractivity contribution in [1.82, 2.24) is 19.9 Å². The Hall–Kier alpha value is -4.31. The Morgan fingerprint density at radius 1 is 1.09 bits per heavy atom. The van der Waals surface area contributed by atoms with Gasteiger partial charge in [0.1, 0.15) is 47.0 Å². The number of methoxy groups -OCH3 is 1. The lowest BCUT2D eigenvalue weighted by atomic mass is 9.94. The molecule has 15 heteroatoms. The maximum absolute atomic E-state index is 17.2. The molecule has 4 N–H and O–H groups in total. The van der Waals surface area contributed by atoms with Gasteiger partial charge >= 0.3 is 6.01 Å². The number of phenols is 1. The number of aromatic nitrogens is 3. The minimum atomic E-state index is -1.28. The van der Waals surface area contributed by atoms with E-state index in [9.17, 15) is 14.6 Å². The van der Waals surface area contributed by atoms with Gasteiger partial charge in [0.05, 0.1) is 49.5 Å². The van der Waals surface area contributed by atoms with Crippen LogP contribution in [0.25, 0.3) is 39.0 Å². The summed E-state index contributed by atoms with van der Waals surface area (Å²) in [6, 6.07) is 5.50. The van der Waals surface area contributed by atoms with E-state index in [1.54, 1.807) is 25.9 Å². The summed E-state index contributed by atoms with van der Waals surface area (Å²) in [5.41, 5.74) is 4.21. The normalized spacial score (nSPS) is 23.8. The fourth-order valence-corrected chi connectivity index (χ4v) is 7.67. The fourth-order valence-electron chi connectivity index (χ4n) is 7.67. The highest BCUT2D eigenvalue weighted by atomic mass is 19.1. The molecule has 2 aliphatic heterocycles. The standard InChI is InChI=1S/C38H45F3N6O5.CH3F/c1-4-25-27(39)6-5-22-15-23(48)16-26(30(22)25)33-32(41)34-31(28(43-33)7-10-42)35(47-13-14-51-20-37(2,49)18-47)45-36(44-34)52-21-38(17-29(38)40)19-46-11-8-24(50-3)9-12-46;1-2/h5-7,10,15-16,24,29,48-49H,4,8-9,11-14,17-21,42H2,1-3H3;1H3/b10-7-;. The summed E-state index contributed by atoms with van der Waals surface area (Å²) in [5, 5.41) is 22.9. The number of ether oxygens (including phenoxy) is 3. The van der Waals surface area contributed by atoms with Gasteiger partial charge < -0.3 is 40.0 Å². The number of hydrogen-bond donors (Lipinski definition) is 3. The van der Waals surface area contributed by atoms with Crippen LogP contribution in [0.5, 0.6) is 11.8 Å². The zero-order valence-corrected chi connectivity index (χ0v) is 31.0. The summed E-state index contributed by atoms with van der Waals surface area (Å²) >= 11 is 0. The second-order valence-corrected chi connectivity index (χ2v) is 14.5. The van der Waals surface area contributed by atoms with Crippen LogP contribution >= 0.6 is 0 Å². The van der Waals surface area contributed by atoms with E-state index in [4.69, 9.17) is 29.9 Å². The first-order valence-electron chi connectivity index (χ1n) is 18.1. The Balaban J connectivity index is 0.00000245. The second kappa shape index (κ2) is 16.2. The lowest BCUT2D eigenvalue weighted by Crippen LogP contribution is -2.42. The molecule has 0 amide bonds. The van der Waals surface area contributed by atoms with Crippen molar-refractivity contribution in [3.63, 3.8) is 0 Å². The molecule has 7 rings (SSSR count). The van der Waals surface area contributed by atoms with Crippen LogP contribution in [-0.2, 0) is 15.9 Å². The van der Waals surface area contributed by atoms with Crippen molar-refractivity contribution in [2.75, 3.05) is 71.7 Å². The minimum absolute atomic E-state index is 0.0321. The van der Waals surface area contributed by atoms with Gasteiger partial charge in [0.25, 0.3) is 0 Å². The zero-order valence-electron chi connectivity index (χ0n) is 31.0. The van der Waals surface area contributed by atoms with Crippen LogP contribution in [0, 0.1) is 17.0 Å². The van der Waals surface area contributed by atoms with Gasteiger partial charge in [-0.05, 0) is 79.4 Å². The number of rotatable bonds is 10. The number of fused-ring (bicyclic) bond motifs is 2. The van der Waals surface area contributed by atoms with Crippen molar-refractivity contribution in [3.8, 4) is 23.0 Å². The number of piperidine rings is 1. The molecule has 3 atom stereocenters. The molecule has 11 nitrogen and oxygen atoms in total. The number of phenolic OH excluding ortho intramolecular Hbond substituents is 1. The van der Waals surface area contributed by atoms with Crippen molar-refractivity contribution in [3.05, 3.63) is 53.4 Å². The number of likely N-dealkylation sites (tertiary alicyclic amines) is 1. The Labute approximate surface area is 311 Å². The van der Waals surface area contributed by atoms with E-state index in [1.165, 1.54) is 36.5 Å². The Bertz CT molecular complexity index is 2010. The van der Waals surface area contributed by atoms with Gasteiger partial charge in [-0.25, -0.2) is 18.2 Å². The highest BCUT2D eigenvalue weighted by Crippen LogP contribution is 2.50. The van der Waals surface area contributed by atoms with Crippen molar-refractivity contribution >= 4 is 33.6 Å². The van der Waals surface area contributed by atoms with Crippen LogP contribution in [0.3, 0.4) is 0 Å². The molecule has 0 radical (unpaired) electrons. The third-order valence-electron chi connectivity index (χ3n) is 10.5. The largest absolute Gasteiger partial charge is 0.508 e. The molecule has 2 aromatic heterocycles. The number of nitrogens with two attached hydrogens (primary N) is 1. The van der Waals surface area contributed by atoms with E-state index < -0.39 is 28.8 Å². The molecule has 3 aliphatic rings. The first-order chi connectivity index (χ1) is 26.0. The Morgan fingerprint density at radius 2 is 1.83 bits per heavy atom. The smallest absolute Gasteiger partial charge is 0.319 e. The van der Waals surface area contributed by atoms with Crippen LogP contribution in [0.2, 0.25) is 0 Å². The highest BCUT2D eigenvalue weighted by molar-refractivity contribution is 6.03. The number of alkyl halides is 2. The predicted molar refractivity (Wildman–Crippen MR) is 199 cm³/mol. The van der Waals surface area contributed by atoms with E-state index in [1.807, 2.05) is 0 Å². The highest BCUT2D eigenvalue weighted by Gasteiger charge is 2.57. The molecular weight excluding hydrogens is 708 g/mol. The van der Waals surface area contributed by atoms with E-state index >= 15 is 13.2 Å². The molecule has 2 saturated heterocycles. The maximum Gasteiger partial charge on any atom is 0.319 e. The molecule has 0 spiro atoms. The summed E-state index contributed by atoms with van der Waals surface area (Å²) in [7, 11) is 2.21. The van der Waals surface area contributed by atoms with Crippen LogP contribution in [0.4, 0.5) is 23.4 Å². The molecule has 1 saturated carbocycles. The number of aromatic hydroxyl groups is 1. The van der Waals surface area contributed by atoms with Crippen molar-refractivity contribution in [2.45, 2.75) is 57.4 Å². The summed E-state index contributed by atoms with van der Waals surface area (Å²) in [6.45, 7) is 6.15. The van der Waals surface area contributed by atoms with Crippen molar-refractivity contribution in [2.24, 2.45) is 11.1 Å². The number of aryl methyl sites for hydroxylation is 1. The summed E-state index contributed by atoms with van der Waals surface area (Å²) in [6.07, 6.45) is 4.19. The monoisotopic (exact) mass is 756 g/mol. The van der Waals surface area contributed by atoms with E-state index in [0.717, 1.165) is 25.9 Å². The third-order valence-corrected chi connectivity index (χ3v) is 10.5. The minimum Gasteiger partial charge on any atom is -0.508 e. The van der Waals surface area contributed by atoms with Crippen LogP contribution < -0.4 is 15.4 Å². The maximum atomic E-state index is 17.2. The quantitative estimate of drug-likeness (QED) is 0.172.